The van der Waals surface area contributed by atoms with Gasteiger partial charge in [-0.05, 0) is 55.2 Å². The lowest BCUT2D eigenvalue weighted by Crippen LogP contribution is -2.50. The number of ether oxygens (including phenoxy) is 1. The van der Waals surface area contributed by atoms with Gasteiger partial charge < -0.3 is 15.2 Å². The summed E-state index contributed by atoms with van der Waals surface area (Å²) in [5.41, 5.74) is 0.0621. The standard InChI is InChI=1S/C20H21ClF3NO2/c21-15-3-1-4-16(11-15)27-18-6-2-5-17(19(18)26)25-12-13-7-9-14(10-8-13)20(22,23)24/h1,3-4,7-11,17-19,25-26H,2,5-6,12H2/t17-,18+,19+/m0/s1. The van der Waals surface area contributed by atoms with Crippen LogP contribution in [0.2, 0.25) is 5.02 Å². The molecule has 0 aliphatic heterocycles. The van der Waals surface area contributed by atoms with Crippen LogP contribution >= 0.6 is 11.6 Å². The van der Waals surface area contributed by atoms with Crippen molar-refractivity contribution in [2.75, 3.05) is 0 Å². The van der Waals surface area contributed by atoms with E-state index in [-0.39, 0.29) is 12.1 Å². The van der Waals surface area contributed by atoms with Gasteiger partial charge in [0.05, 0.1) is 5.56 Å². The molecule has 0 unspecified atom stereocenters. The van der Waals surface area contributed by atoms with Gasteiger partial charge in [0, 0.05) is 17.6 Å². The van der Waals surface area contributed by atoms with Gasteiger partial charge in [-0.3, -0.25) is 0 Å². The normalized spacial score (nSPS) is 23.2. The molecular weight excluding hydrogens is 379 g/mol. The van der Waals surface area contributed by atoms with Crippen LogP contribution in [0.5, 0.6) is 5.75 Å². The van der Waals surface area contributed by atoms with Gasteiger partial charge in [0.2, 0.25) is 0 Å². The molecule has 7 heteroatoms. The molecule has 0 bridgehead atoms. The first-order chi connectivity index (χ1) is 12.8. The van der Waals surface area contributed by atoms with Crippen molar-refractivity contribution in [3.05, 3.63) is 64.7 Å². The Hall–Kier alpha value is -1.76. The molecule has 0 saturated heterocycles. The van der Waals surface area contributed by atoms with Gasteiger partial charge in [-0.15, -0.1) is 0 Å². The number of aliphatic hydroxyl groups excluding tert-OH is 1. The highest BCUT2D eigenvalue weighted by molar-refractivity contribution is 6.30. The highest BCUT2D eigenvalue weighted by Gasteiger charge is 2.33. The number of halogens is 4. The van der Waals surface area contributed by atoms with E-state index >= 15 is 0 Å². The van der Waals surface area contributed by atoms with Crippen LogP contribution in [-0.4, -0.2) is 23.4 Å². The molecule has 1 aliphatic rings. The maximum absolute atomic E-state index is 12.6. The van der Waals surface area contributed by atoms with Crippen LogP contribution in [0.25, 0.3) is 0 Å². The second-order valence-electron chi connectivity index (χ2n) is 6.72. The summed E-state index contributed by atoms with van der Waals surface area (Å²) in [5.74, 6) is 0.606. The number of hydrogen-bond donors (Lipinski definition) is 2. The molecule has 3 nitrogen and oxygen atoms in total. The quantitative estimate of drug-likeness (QED) is 0.758. The molecule has 1 fully saturated rings. The Morgan fingerprint density at radius 3 is 2.52 bits per heavy atom. The number of hydrogen-bond acceptors (Lipinski definition) is 3. The number of nitrogens with one attached hydrogen (secondary N) is 1. The molecule has 3 atom stereocenters. The van der Waals surface area contributed by atoms with E-state index in [1.165, 1.54) is 12.1 Å². The van der Waals surface area contributed by atoms with Crippen molar-refractivity contribution in [3.63, 3.8) is 0 Å². The number of benzene rings is 2. The van der Waals surface area contributed by atoms with E-state index in [0.717, 1.165) is 37.0 Å². The zero-order chi connectivity index (χ0) is 19.4. The Morgan fingerprint density at radius 1 is 1.11 bits per heavy atom. The minimum Gasteiger partial charge on any atom is -0.488 e. The third-order valence-electron chi connectivity index (χ3n) is 4.73. The van der Waals surface area contributed by atoms with Gasteiger partial charge in [-0.1, -0.05) is 29.8 Å². The Kier molecular flexibility index (Phi) is 6.29. The van der Waals surface area contributed by atoms with Crippen LogP contribution in [0.3, 0.4) is 0 Å². The van der Waals surface area contributed by atoms with Crippen LogP contribution in [0.15, 0.2) is 48.5 Å². The molecule has 3 rings (SSSR count). The third kappa shape index (κ3) is 5.37. The fourth-order valence-corrected chi connectivity index (χ4v) is 3.45. The van der Waals surface area contributed by atoms with Crippen LogP contribution in [0.1, 0.15) is 30.4 Å². The van der Waals surface area contributed by atoms with E-state index in [4.69, 9.17) is 16.3 Å². The van der Waals surface area contributed by atoms with Crippen molar-refractivity contribution in [3.8, 4) is 5.75 Å². The zero-order valence-electron chi connectivity index (χ0n) is 14.5. The zero-order valence-corrected chi connectivity index (χ0v) is 15.3. The molecule has 0 heterocycles. The van der Waals surface area contributed by atoms with Crippen LogP contribution in [0.4, 0.5) is 13.2 Å². The van der Waals surface area contributed by atoms with Gasteiger partial charge in [-0.25, -0.2) is 0 Å². The fourth-order valence-electron chi connectivity index (χ4n) is 3.27. The van der Waals surface area contributed by atoms with Crippen LogP contribution < -0.4 is 10.1 Å². The van der Waals surface area contributed by atoms with Crippen molar-refractivity contribution in [2.45, 2.75) is 50.2 Å². The summed E-state index contributed by atoms with van der Waals surface area (Å²) in [7, 11) is 0. The summed E-state index contributed by atoms with van der Waals surface area (Å²) < 4.78 is 43.8. The monoisotopic (exact) mass is 399 g/mol. The van der Waals surface area contributed by atoms with E-state index in [0.29, 0.717) is 17.3 Å². The molecule has 0 spiro atoms. The minimum absolute atomic E-state index is 0.190. The molecular formula is C20H21ClF3NO2. The summed E-state index contributed by atoms with van der Waals surface area (Å²) in [4.78, 5) is 0. The molecule has 27 heavy (non-hydrogen) atoms. The van der Waals surface area contributed by atoms with Gasteiger partial charge in [0.1, 0.15) is 18.0 Å². The summed E-state index contributed by atoms with van der Waals surface area (Å²) in [6.45, 7) is 0.379. The number of rotatable bonds is 5. The lowest BCUT2D eigenvalue weighted by molar-refractivity contribution is -0.137. The van der Waals surface area contributed by atoms with Gasteiger partial charge >= 0.3 is 6.18 Å². The first kappa shape index (κ1) is 20.0. The molecule has 1 aliphatic carbocycles. The van der Waals surface area contributed by atoms with Crippen molar-refractivity contribution < 1.29 is 23.0 Å². The van der Waals surface area contributed by atoms with Gasteiger partial charge in [0.25, 0.3) is 0 Å². The molecule has 1 saturated carbocycles. The molecule has 2 aromatic rings. The first-order valence-electron chi connectivity index (χ1n) is 8.83. The molecule has 0 amide bonds. The number of alkyl halides is 3. The number of aliphatic hydroxyl groups is 1. The first-order valence-corrected chi connectivity index (χ1v) is 9.20. The summed E-state index contributed by atoms with van der Waals surface area (Å²) in [6.07, 6.45) is -3.03. The lowest BCUT2D eigenvalue weighted by atomic mass is 9.89. The Bertz CT molecular complexity index is 752. The Morgan fingerprint density at radius 2 is 1.85 bits per heavy atom. The fraction of sp³-hybridized carbons (Fsp3) is 0.400. The van der Waals surface area contributed by atoms with Crippen molar-refractivity contribution >= 4 is 11.6 Å². The Labute approximate surface area is 161 Å². The van der Waals surface area contributed by atoms with E-state index in [1.54, 1.807) is 24.3 Å². The summed E-state index contributed by atoms with van der Waals surface area (Å²) in [6, 6.07) is 11.9. The highest BCUT2D eigenvalue weighted by atomic mass is 35.5. The Balaban J connectivity index is 1.57. The van der Waals surface area contributed by atoms with E-state index in [1.807, 2.05) is 0 Å². The lowest BCUT2D eigenvalue weighted by Gasteiger charge is -2.35. The van der Waals surface area contributed by atoms with Crippen LogP contribution in [-0.2, 0) is 12.7 Å². The van der Waals surface area contributed by atoms with Crippen molar-refractivity contribution in [2.24, 2.45) is 0 Å². The van der Waals surface area contributed by atoms with E-state index < -0.39 is 17.8 Å². The third-order valence-corrected chi connectivity index (χ3v) is 4.97. The smallest absolute Gasteiger partial charge is 0.416 e. The maximum atomic E-state index is 12.6. The average Bonchev–Trinajstić information content (AvgIpc) is 2.62. The topological polar surface area (TPSA) is 41.5 Å². The van der Waals surface area contributed by atoms with Crippen LogP contribution in [0, 0.1) is 0 Å². The second-order valence-corrected chi connectivity index (χ2v) is 7.15. The van der Waals surface area contributed by atoms with Crippen molar-refractivity contribution in [1.82, 2.24) is 5.32 Å². The van der Waals surface area contributed by atoms with Crippen molar-refractivity contribution in [1.29, 1.82) is 0 Å². The average molecular weight is 400 g/mol. The summed E-state index contributed by atoms with van der Waals surface area (Å²) >= 11 is 5.96. The predicted molar refractivity (Wildman–Crippen MR) is 97.8 cm³/mol. The SMILES string of the molecule is O[C@@H]1[C@@H](NCc2ccc(C(F)(F)F)cc2)CCC[C@H]1Oc1cccc(Cl)c1. The van der Waals surface area contributed by atoms with E-state index in [9.17, 15) is 18.3 Å². The van der Waals surface area contributed by atoms with Gasteiger partial charge in [-0.2, -0.15) is 13.2 Å². The summed E-state index contributed by atoms with van der Waals surface area (Å²) in [5, 5.41) is 14.4. The molecule has 146 valence electrons. The highest BCUT2D eigenvalue weighted by Crippen LogP contribution is 2.29. The molecule has 0 aromatic heterocycles. The molecule has 2 aromatic carbocycles. The second kappa shape index (κ2) is 8.50. The maximum Gasteiger partial charge on any atom is 0.416 e. The molecule has 0 radical (unpaired) electrons. The van der Waals surface area contributed by atoms with E-state index in [2.05, 4.69) is 5.32 Å². The minimum atomic E-state index is -4.34. The largest absolute Gasteiger partial charge is 0.488 e. The predicted octanol–water partition coefficient (Wildman–Crippen LogP) is 4.81. The van der Waals surface area contributed by atoms with Gasteiger partial charge in [0.15, 0.2) is 0 Å². The molecule has 2 N–H and O–H groups in total.